The van der Waals surface area contributed by atoms with Gasteiger partial charge in [0.25, 0.3) is 0 Å². The molecule has 0 aliphatic heterocycles. The van der Waals surface area contributed by atoms with Crippen molar-refractivity contribution < 1.29 is 0 Å². The number of rotatable bonds is 7. The lowest BCUT2D eigenvalue weighted by molar-refractivity contribution is 1.01. The van der Waals surface area contributed by atoms with Gasteiger partial charge in [-0.1, -0.05) is 72.8 Å². The van der Waals surface area contributed by atoms with Crippen LogP contribution in [0.3, 0.4) is 0 Å². The predicted molar refractivity (Wildman–Crippen MR) is 310 cm³/mol. The molecule has 0 unspecified atom stereocenters. The highest BCUT2D eigenvalue weighted by atomic mass is 15.1. The minimum atomic E-state index is 0.269. The summed E-state index contributed by atoms with van der Waals surface area (Å²) in [6.07, 6.45) is 0. The van der Waals surface area contributed by atoms with Crippen LogP contribution in [0.15, 0.2) is 164 Å². The van der Waals surface area contributed by atoms with E-state index in [0.717, 1.165) is 21.5 Å². The molecule has 0 spiro atoms. The monoisotopic (exact) mass is 1040 g/mol. The van der Waals surface area contributed by atoms with E-state index in [1.807, 2.05) is 97.9 Å². The first-order chi connectivity index (χ1) is 40.0. The maximum Gasteiger partial charge on any atom is 0.126 e. The van der Waals surface area contributed by atoms with Gasteiger partial charge in [0.05, 0.1) is 144 Å². The van der Waals surface area contributed by atoms with E-state index in [1.54, 1.807) is 79.7 Å². The Morgan fingerprint density at radius 2 is 0.598 bits per heavy atom. The molecule has 3 heterocycles. The van der Waals surface area contributed by atoms with Gasteiger partial charge in [-0.25, -0.2) is 9.97 Å². The van der Waals surface area contributed by atoms with Gasteiger partial charge in [-0.05, 0) is 149 Å². The first kappa shape index (κ1) is 49.9. The molecule has 12 aromatic rings. The molecule has 0 amide bonds. The van der Waals surface area contributed by atoms with Crippen LogP contribution in [0.25, 0.3) is 111 Å². The largest absolute Gasteiger partial charge is 0.307 e. The Hall–Kier alpha value is -12.9. The van der Waals surface area contributed by atoms with Crippen molar-refractivity contribution in [3.05, 3.63) is 225 Å². The van der Waals surface area contributed by atoms with E-state index in [2.05, 4.69) is 68.7 Å². The highest BCUT2D eigenvalue weighted by Crippen LogP contribution is 2.45. The van der Waals surface area contributed by atoms with Crippen LogP contribution in [0.5, 0.6) is 0 Å². The quantitative estimate of drug-likeness (QED) is 0.145. The number of nitriles is 9. The summed E-state index contributed by atoms with van der Waals surface area (Å²) in [5.74, 6) is 0.489. The van der Waals surface area contributed by atoms with Crippen LogP contribution < -0.4 is 0 Å². The van der Waals surface area contributed by atoms with Crippen molar-refractivity contribution in [1.29, 1.82) is 47.4 Å². The lowest BCUT2D eigenvalue weighted by atomic mass is 9.96. The van der Waals surface area contributed by atoms with E-state index in [4.69, 9.17) is 4.98 Å². The fourth-order valence-electron chi connectivity index (χ4n) is 11.2. The van der Waals surface area contributed by atoms with E-state index in [9.17, 15) is 47.4 Å². The van der Waals surface area contributed by atoms with Crippen LogP contribution in [0.2, 0.25) is 0 Å². The Balaban J connectivity index is 1.28. The number of fused-ring (bicyclic) bond motifs is 6. The molecule has 0 aliphatic rings. The number of hydrogen-bond acceptors (Lipinski definition) is 11. The second kappa shape index (κ2) is 19.9. The van der Waals surface area contributed by atoms with Crippen molar-refractivity contribution >= 4 is 43.6 Å². The van der Waals surface area contributed by atoms with Crippen molar-refractivity contribution in [3.8, 4) is 122 Å². The summed E-state index contributed by atoms with van der Waals surface area (Å²) < 4.78 is 4.16. The number of benzene rings is 9. The SMILES string of the molecule is Cc1cc(-c2cc(-n3c4cc(-c5ccc(C#N)cc5C#N)ccc4c4ccc(-c5ccc(C#N)cc5C#N)cc43)c(-n3c4cc(-c5ccc(C#N)cc5C#N)ccc4c4ccc(-c5ccc(C#N)cc5C#N)cc43)cc2C#N)nc(C)n1. The van der Waals surface area contributed by atoms with E-state index < -0.39 is 0 Å². The molecule has 13 nitrogen and oxygen atoms in total. The van der Waals surface area contributed by atoms with Crippen molar-refractivity contribution in [3.63, 3.8) is 0 Å². The molecule has 0 N–H and O–H groups in total. The molecule has 0 fully saturated rings. The van der Waals surface area contributed by atoms with Gasteiger partial charge in [0.2, 0.25) is 0 Å². The Labute approximate surface area is 468 Å². The maximum atomic E-state index is 11.4. The van der Waals surface area contributed by atoms with Crippen LogP contribution >= 0.6 is 0 Å². The van der Waals surface area contributed by atoms with Gasteiger partial charge in [-0.2, -0.15) is 47.4 Å². The first-order valence-corrected chi connectivity index (χ1v) is 25.4. The van der Waals surface area contributed by atoms with Gasteiger partial charge in [0, 0.05) is 32.8 Å². The third kappa shape index (κ3) is 8.19. The summed E-state index contributed by atoms with van der Waals surface area (Å²) in [5, 5.41) is 95.9. The van der Waals surface area contributed by atoms with E-state index in [1.165, 1.54) is 0 Å². The highest BCUT2D eigenvalue weighted by Gasteiger charge is 2.26. The van der Waals surface area contributed by atoms with Crippen LogP contribution in [0, 0.1) is 116 Å². The van der Waals surface area contributed by atoms with Crippen molar-refractivity contribution in [2.24, 2.45) is 0 Å². The zero-order chi connectivity index (χ0) is 56.9. The van der Waals surface area contributed by atoms with Crippen molar-refractivity contribution in [1.82, 2.24) is 19.1 Å². The smallest absolute Gasteiger partial charge is 0.126 e. The fraction of sp³-hybridized carbons (Fsp3) is 0.0290. The second-order valence-corrected chi connectivity index (χ2v) is 19.5. The van der Waals surface area contributed by atoms with Gasteiger partial charge in [0.1, 0.15) is 5.82 Å². The topological polar surface area (TPSA) is 250 Å². The summed E-state index contributed by atoms with van der Waals surface area (Å²) in [5.41, 5.74) is 13.2. The van der Waals surface area contributed by atoms with Crippen LogP contribution in [-0.4, -0.2) is 19.1 Å². The van der Waals surface area contributed by atoms with Gasteiger partial charge >= 0.3 is 0 Å². The zero-order valence-electron chi connectivity index (χ0n) is 43.4. The second-order valence-electron chi connectivity index (χ2n) is 19.5. The molecular weight excluding hydrogens is 1010 g/mol. The average Bonchev–Trinajstić information content (AvgIpc) is 1.96. The van der Waals surface area contributed by atoms with E-state index in [-0.39, 0.29) is 5.56 Å². The Kier molecular flexibility index (Phi) is 12.1. The molecule has 12 rings (SSSR count). The summed E-state index contributed by atoms with van der Waals surface area (Å²) in [6.45, 7) is 3.65. The fourth-order valence-corrected chi connectivity index (χ4v) is 11.2. The third-order valence-corrected chi connectivity index (χ3v) is 14.8. The number of hydrogen-bond donors (Lipinski definition) is 0. The molecule has 9 aromatic carbocycles. The number of nitrogens with zero attached hydrogens (tertiary/aromatic N) is 13. The molecule has 0 saturated carbocycles. The Bertz CT molecular complexity index is 4970. The third-order valence-electron chi connectivity index (χ3n) is 14.8. The average molecular weight is 1040 g/mol. The molecular formula is C69H33N13. The van der Waals surface area contributed by atoms with Gasteiger partial charge < -0.3 is 9.13 Å². The molecule has 3 aromatic heterocycles. The lowest BCUT2D eigenvalue weighted by Gasteiger charge is -2.20. The van der Waals surface area contributed by atoms with Crippen molar-refractivity contribution in [2.45, 2.75) is 13.8 Å². The number of aryl methyl sites for hydroxylation is 2. The Morgan fingerprint density at radius 3 is 0.890 bits per heavy atom. The summed E-state index contributed by atoms with van der Waals surface area (Å²) >= 11 is 0. The standard InChI is InChI=1S/C69H33N13/c1-39-19-63(80-40(2)79-39)62-29-69(82-66-26-47(56-13-5-43(32-72)22-51(56)36-76)9-17-60(66)61-18-10-48(27-67(61)82)57-14-6-44(33-73)23-52(57)37-77)68(28-53(62)38-78)81-64-24-45(54-11-3-41(30-70)20-49(54)34-74)7-15-58(64)59-16-8-46(25-65(59)81)55-12-4-42(31-71)21-50(55)35-75/h3-29H,1-2H3. The highest BCUT2D eigenvalue weighted by molar-refractivity contribution is 6.14. The summed E-state index contributed by atoms with van der Waals surface area (Å²) in [4.78, 5) is 9.47. The normalized spacial score (nSPS) is 10.7. The van der Waals surface area contributed by atoms with Gasteiger partial charge in [-0.15, -0.1) is 0 Å². The predicted octanol–water partition coefficient (Wildman–Crippen LogP) is 14.5. The molecule has 82 heavy (non-hydrogen) atoms. The maximum absolute atomic E-state index is 11.4. The summed E-state index contributed by atoms with van der Waals surface area (Å²) in [7, 11) is 0. The summed E-state index contributed by atoms with van der Waals surface area (Å²) in [6, 6.07) is 69.3. The molecule has 374 valence electrons. The number of aromatic nitrogens is 4. The molecule has 0 bridgehead atoms. The molecule has 0 radical (unpaired) electrons. The Morgan fingerprint density at radius 1 is 0.293 bits per heavy atom. The zero-order valence-corrected chi connectivity index (χ0v) is 43.4. The lowest BCUT2D eigenvalue weighted by Crippen LogP contribution is -2.06. The van der Waals surface area contributed by atoms with E-state index >= 15 is 0 Å². The van der Waals surface area contributed by atoms with Crippen LogP contribution in [-0.2, 0) is 0 Å². The van der Waals surface area contributed by atoms with Gasteiger partial charge in [0.15, 0.2) is 0 Å². The van der Waals surface area contributed by atoms with Crippen molar-refractivity contribution in [2.75, 3.05) is 0 Å². The minimum absolute atomic E-state index is 0.269. The van der Waals surface area contributed by atoms with Crippen LogP contribution in [0.4, 0.5) is 0 Å². The molecule has 0 atom stereocenters. The van der Waals surface area contributed by atoms with Gasteiger partial charge in [-0.3, -0.25) is 0 Å². The minimum Gasteiger partial charge on any atom is -0.307 e. The first-order valence-electron chi connectivity index (χ1n) is 25.4. The van der Waals surface area contributed by atoms with E-state index in [0.29, 0.717) is 145 Å². The molecule has 0 saturated heterocycles. The van der Waals surface area contributed by atoms with Crippen LogP contribution in [0.1, 0.15) is 61.6 Å². The molecule has 13 heteroatoms. The molecule has 0 aliphatic carbocycles.